The zero-order valence-corrected chi connectivity index (χ0v) is 11.5. The van der Waals surface area contributed by atoms with Gasteiger partial charge in [-0.25, -0.2) is 4.98 Å². The molecule has 19 heavy (non-hydrogen) atoms. The maximum absolute atomic E-state index is 12.3. The average Bonchev–Trinajstić information content (AvgIpc) is 3.05. The predicted octanol–water partition coefficient (Wildman–Crippen LogP) is 1.85. The normalized spacial score (nSPS) is 21.9. The molecular formula is C13H16N4OS. The molecule has 1 aliphatic rings. The quantitative estimate of drug-likeness (QED) is 0.898. The highest BCUT2D eigenvalue weighted by Gasteiger charge is 2.31. The van der Waals surface area contributed by atoms with Gasteiger partial charge in [-0.2, -0.15) is 5.10 Å². The molecule has 2 unspecified atom stereocenters. The summed E-state index contributed by atoms with van der Waals surface area (Å²) in [5.74, 6) is 0.467. The molecule has 5 nitrogen and oxygen atoms in total. The van der Waals surface area contributed by atoms with E-state index in [1.54, 1.807) is 17.5 Å². The van der Waals surface area contributed by atoms with Crippen molar-refractivity contribution >= 4 is 17.2 Å². The van der Waals surface area contributed by atoms with E-state index in [0.717, 1.165) is 23.5 Å². The number of carbonyl (C=O) groups excluding carboxylic acids is 1. The van der Waals surface area contributed by atoms with E-state index in [2.05, 4.69) is 27.4 Å². The van der Waals surface area contributed by atoms with E-state index in [0.29, 0.717) is 12.5 Å². The van der Waals surface area contributed by atoms with Crippen molar-refractivity contribution in [3.05, 3.63) is 34.0 Å². The number of carbonyl (C=O) groups is 1. The third-order valence-corrected chi connectivity index (χ3v) is 4.30. The van der Waals surface area contributed by atoms with Gasteiger partial charge in [-0.05, 0) is 24.3 Å². The van der Waals surface area contributed by atoms with Crippen molar-refractivity contribution in [2.24, 2.45) is 5.92 Å². The Bertz CT molecular complexity index is 563. The SMILES string of the molecule is CC1Cc2cn[nH]c2C(C(=O)NCc2nccs2)C1. The van der Waals surface area contributed by atoms with Gasteiger partial charge in [-0.3, -0.25) is 9.89 Å². The van der Waals surface area contributed by atoms with Gasteiger partial charge in [0.15, 0.2) is 0 Å². The fraction of sp³-hybridized carbons (Fsp3) is 0.462. The summed E-state index contributed by atoms with van der Waals surface area (Å²) in [6, 6.07) is 0. The van der Waals surface area contributed by atoms with Gasteiger partial charge in [-0.15, -0.1) is 11.3 Å². The molecule has 0 spiro atoms. The first kappa shape index (κ1) is 12.3. The second-order valence-corrected chi connectivity index (χ2v) is 6.03. The zero-order chi connectivity index (χ0) is 13.2. The lowest BCUT2D eigenvalue weighted by Crippen LogP contribution is -2.32. The van der Waals surface area contributed by atoms with Crippen LogP contribution in [-0.4, -0.2) is 21.1 Å². The molecule has 0 fully saturated rings. The number of hydrogen-bond acceptors (Lipinski definition) is 4. The second-order valence-electron chi connectivity index (χ2n) is 5.05. The number of rotatable bonds is 3. The van der Waals surface area contributed by atoms with E-state index in [1.807, 2.05) is 11.6 Å². The van der Waals surface area contributed by atoms with Crippen LogP contribution < -0.4 is 5.32 Å². The molecule has 1 amide bonds. The monoisotopic (exact) mass is 276 g/mol. The lowest BCUT2D eigenvalue weighted by Gasteiger charge is -2.25. The highest BCUT2D eigenvalue weighted by molar-refractivity contribution is 7.09. The molecule has 0 radical (unpaired) electrons. The van der Waals surface area contributed by atoms with E-state index in [-0.39, 0.29) is 11.8 Å². The van der Waals surface area contributed by atoms with Crippen LogP contribution in [0.5, 0.6) is 0 Å². The highest BCUT2D eigenvalue weighted by Crippen LogP contribution is 2.33. The Kier molecular flexibility index (Phi) is 3.33. The minimum atomic E-state index is -0.110. The summed E-state index contributed by atoms with van der Waals surface area (Å²) in [6.07, 6.45) is 5.47. The number of nitrogens with zero attached hydrogens (tertiary/aromatic N) is 2. The molecule has 2 N–H and O–H groups in total. The summed E-state index contributed by atoms with van der Waals surface area (Å²) >= 11 is 1.55. The number of hydrogen-bond donors (Lipinski definition) is 2. The van der Waals surface area contributed by atoms with Gasteiger partial charge in [-0.1, -0.05) is 6.92 Å². The van der Waals surface area contributed by atoms with Crippen molar-refractivity contribution in [3.63, 3.8) is 0 Å². The Morgan fingerprint density at radius 3 is 3.32 bits per heavy atom. The number of aromatic nitrogens is 3. The van der Waals surface area contributed by atoms with Crippen LogP contribution in [0.3, 0.4) is 0 Å². The van der Waals surface area contributed by atoms with Gasteiger partial charge in [0, 0.05) is 11.6 Å². The summed E-state index contributed by atoms with van der Waals surface area (Å²) in [5.41, 5.74) is 2.16. The first-order valence-corrected chi connectivity index (χ1v) is 7.30. The van der Waals surface area contributed by atoms with Crippen LogP contribution in [0.25, 0.3) is 0 Å². The number of amides is 1. The molecule has 2 heterocycles. The molecule has 2 aromatic rings. The highest BCUT2D eigenvalue weighted by atomic mass is 32.1. The topological polar surface area (TPSA) is 70.7 Å². The van der Waals surface area contributed by atoms with E-state index in [4.69, 9.17) is 0 Å². The first-order valence-electron chi connectivity index (χ1n) is 6.42. The fourth-order valence-electron chi connectivity index (χ4n) is 2.63. The largest absolute Gasteiger partial charge is 0.349 e. The Balaban J connectivity index is 1.70. The molecule has 0 saturated heterocycles. The molecule has 2 aromatic heterocycles. The van der Waals surface area contributed by atoms with E-state index >= 15 is 0 Å². The summed E-state index contributed by atoms with van der Waals surface area (Å²) in [4.78, 5) is 16.5. The van der Waals surface area contributed by atoms with Crippen LogP contribution in [0.2, 0.25) is 0 Å². The molecule has 6 heteroatoms. The maximum atomic E-state index is 12.3. The minimum Gasteiger partial charge on any atom is -0.349 e. The number of H-pyrrole nitrogens is 1. The van der Waals surface area contributed by atoms with Crippen molar-refractivity contribution in [2.45, 2.75) is 32.2 Å². The van der Waals surface area contributed by atoms with Crippen LogP contribution in [-0.2, 0) is 17.8 Å². The van der Waals surface area contributed by atoms with Crippen molar-refractivity contribution < 1.29 is 4.79 Å². The number of nitrogens with one attached hydrogen (secondary N) is 2. The Morgan fingerprint density at radius 1 is 1.63 bits per heavy atom. The van der Waals surface area contributed by atoms with E-state index in [1.165, 1.54) is 5.56 Å². The second kappa shape index (κ2) is 5.13. The Hall–Kier alpha value is -1.69. The third-order valence-electron chi connectivity index (χ3n) is 3.52. The van der Waals surface area contributed by atoms with E-state index < -0.39 is 0 Å². The first-order chi connectivity index (χ1) is 9.24. The molecule has 1 aliphatic carbocycles. The number of aromatic amines is 1. The summed E-state index contributed by atoms with van der Waals surface area (Å²) in [6.45, 7) is 2.68. The zero-order valence-electron chi connectivity index (χ0n) is 10.7. The lowest BCUT2D eigenvalue weighted by molar-refractivity contribution is -0.123. The van der Waals surface area contributed by atoms with Crippen molar-refractivity contribution in [3.8, 4) is 0 Å². The predicted molar refractivity (Wildman–Crippen MR) is 72.8 cm³/mol. The molecule has 0 aliphatic heterocycles. The summed E-state index contributed by atoms with van der Waals surface area (Å²) in [5, 5.41) is 12.9. The van der Waals surface area contributed by atoms with Crippen molar-refractivity contribution in [1.29, 1.82) is 0 Å². The molecule has 0 saturated carbocycles. The molecule has 2 atom stereocenters. The smallest absolute Gasteiger partial charge is 0.229 e. The van der Waals surface area contributed by atoms with E-state index in [9.17, 15) is 4.79 Å². The van der Waals surface area contributed by atoms with Gasteiger partial charge >= 0.3 is 0 Å². The van der Waals surface area contributed by atoms with Gasteiger partial charge in [0.2, 0.25) is 5.91 Å². The maximum Gasteiger partial charge on any atom is 0.229 e. The molecular weight excluding hydrogens is 260 g/mol. The van der Waals surface area contributed by atoms with Crippen molar-refractivity contribution in [2.75, 3.05) is 0 Å². The van der Waals surface area contributed by atoms with Crippen LogP contribution >= 0.6 is 11.3 Å². The molecule has 3 rings (SSSR count). The van der Waals surface area contributed by atoms with Crippen LogP contribution in [0.15, 0.2) is 17.8 Å². The average molecular weight is 276 g/mol. The van der Waals surface area contributed by atoms with Crippen LogP contribution in [0.4, 0.5) is 0 Å². The molecule has 0 bridgehead atoms. The number of fused-ring (bicyclic) bond motifs is 1. The summed E-state index contributed by atoms with van der Waals surface area (Å²) < 4.78 is 0. The Morgan fingerprint density at radius 2 is 2.53 bits per heavy atom. The van der Waals surface area contributed by atoms with Crippen LogP contribution in [0, 0.1) is 5.92 Å². The fourth-order valence-corrected chi connectivity index (χ4v) is 3.18. The Labute approximate surface area is 115 Å². The standard InChI is InChI=1S/C13H16N4OS/c1-8-4-9-6-16-17-12(9)10(5-8)13(18)15-7-11-14-2-3-19-11/h2-3,6,8,10H,4-5,7H2,1H3,(H,15,18)(H,16,17). The van der Waals surface area contributed by atoms with Crippen molar-refractivity contribution in [1.82, 2.24) is 20.5 Å². The minimum absolute atomic E-state index is 0.0623. The van der Waals surface area contributed by atoms with Gasteiger partial charge in [0.1, 0.15) is 5.01 Å². The van der Waals surface area contributed by atoms with Gasteiger partial charge < -0.3 is 5.32 Å². The van der Waals surface area contributed by atoms with Crippen LogP contribution in [0.1, 0.15) is 35.5 Å². The summed E-state index contributed by atoms with van der Waals surface area (Å²) in [7, 11) is 0. The molecule has 100 valence electrons. The molecule has 0 aromatic carbocycles. The third kappa shape index (κ3) is 2.53. The van der Waals surface area contributed by atoms with Gasteiger partial charge in [0.05, 0.1) is 24.4 Å². The van der Waals surface area contributed by atoms with Gasteiger partial charge in [0.25, 0.3) is 0 Å². The number of thiazole rings is 1. The lowest BCUT2D eigenvalue weighted by atomic mass is 9.81.